The van der Waals surface area contributed by atoms with Gasteiger partial charge in [-0.25, -0.2) is 8.42 Å². The van der Waals surface area contributed by atoms with Gasteiger partial charge in [0.05, 0.1) is 12.8 Å². The second-order valence-corrected chi connectivity index (χ2v) is 10.2. The third kappa shape index (κ3) is 8.18. The molecule has 2 aromatic heterocycles. The number of amides is 1. The molecule has 1 saturated heterocycles. The molecule has 1 aliphatic rings. The molecule has 3 heterocycles. The summed E-state index contributed by atoms with van der Waals surface area (Å²) < 4.78 is 29.1. The standard InChI is InChI=1S/C22H30N4O5S/c1-25-8-10-26(11-9-25)15-18-6-7-23-19(13-18)4-5-20(27)14-24-22(28)17-32(29,30)16-21-3-2-12-31-21/h2-3,6-7,12-13H,4-5,8-11,14-17H2,1H3,(H,24,28). The van der Waals surface area contributed by atoms with E-state index in [2.05, 4.69) is 27.1 Å². The molecule has 10 heteroatoms. The molecule has 174 valence electrons. The van der Waals surface area contributed by atoms with Gasteiger partial charge in [-0.05, 0) is 43.3 Å². The number of sulfone groups is 1. The number of ketones is 1. The number of nitrogens with zero attached hydrogens (tertiary/aromatic N) is 3. The number of carbonyl (C=O) groups is 2. The summed E-state index contributed by atoms with van der Waals surface area (Å²) in [6, 6.07) is 7.13. The number of likely N-dealkylation sites (N-methyl/N-ethyl adjacent to an activating group) is 1. The fourth-order valence-corrected chi connectivity index (χ4v) is 4.70. The fourth-order valence-electron chi connectivity index (χ4n) is 3.49. The molecule has 2 aromatic rings. The van der Waals surface area contributed by atoms with Gasteiger partial charge in [0.15, 0.2) is 15.6 Å². The van der Waals surface area contributed by atoms with E-state index in [1.54, 1.807) is 12.3 Å². The third-order valence-electron chi connectivity index (χ3n) is 5.32. The van der Waals surface area contributed by atoms with Crippen LogP contribution in [-0.4, -0.2) is 80.4 Å². The molecule has 0 bridgehead atoms. The van der Waals surface area contributed by atoms with E-state index >= 15 is 0 Å². The van der Waals surface area contributed by atoms with Crippen molar-refractivity contribution in [2.75, 3.05) is 45.5 Å². The second kappa shape index (κ2) is 11.3. The van der Waals surface area contributed by atoms with Crippen LogP contribution in [0.4, 0.5) is 0 Å². The van der Waals surface area contributed by atoms with Gasteiger partial charge >= 0.3 is 0 Å². The summed E-state index contributed by atoms with van der Waals surface area (Å²) in [7, 11) is -1.53. The zero-order valence-corrected chi connectivity index (χ0v) is 19.1. The summed E-state index contributed by atoms with van der Waals surface area (Å²) in [5.41, 5.74) is 2.00. The minimum Gasteiger partial charge on any atom is -0.468 e. The number of aryl methyl sites for hydroxylation is 1. The highest BCUT2D eigenvalue weighted by Crippen LogP contribution is 2.10. The monoisotopic (exact) mass is 462 g/mol. The number of hydrogen-bond acceptors (Lipinski definition) is 8. The van der Waals surface area contributed by atoms with Gasteiger partial charge in [0, 0.05) is 51.0 Å². The van der Waals surface area contributed by atoms with Crippen molar-refractivity contribution < 1.29 is 22.4 Å². The van der Waals surface area contributed by atoms with Crippen molar-refractivity contribution >= 4 is 21.5 Å². The first kappa shape index (κ1) is 24.1. The van der Waals surface area contributed by atoms with E-state index in [0.29, 0.717) is 6.42 Å². The maximum atomic E-state index is 12.2. The number of rotatable bonds is 11. The Morgan fingerprint density at radius 3 is 2.69 bits per heavy atom. The molecular weight excluding hydrogens is 432 g/mol. The molecule has 1 aliphatic heterocycles. The van der Waals surface area contributed by atoms with E-state index in [9.17, 15) is 18.0 Å². The molecular formula is C22H30N4O5S. The number of nitrogens with one attached hydrogen (secondary N) is 1. The van der Waals surface area contributed by atoms with Gasteiger partial charge in [-0.2, -0.15) is 0 Å². The lowest BCUT2D eigenvalue weighted by atomic mass is 10.1. The Balaban J connectivity index is 1.38. The van der Waals surface area contributed by atoms with Crippen LogP contribution in [0.2, 0.25) is 0 Å². The van der Waals surface area contributed by atoms with Gasteiger partial charge in [-0.3, -0.25) is 19.5 Å². The Morgan fingerprint density at radius 2 is 1.97 bits per heavy atom. The van der Waals surface area contributed by atoms with Crippen LogP contribution >= 0.6 is 0 Å². The molecule has 3 rings (SSSR count). The summed E-state index contributed by atoms with van der Waals surface area (Å²) >= 11 is 0. The van der Waals surface area contributed by atoms with Crippen molar-refractivity contribution in [1.82, 2.24) is 20.1 Å². The zero-order valence-electron chi connectivity index (χ0n) is 18.3. The molecule has 1 amide bonds. The minimum atomic E-state index is -3.66. The van der Waals surface area contributed by atoms with Crippen molar-refractivity contribution in [3.8, 4) is 0 Å². The van der Waals surface area contributed by atoms with Gasteiger partial charge in [-0.15, -0.1) is 0 Å². The summed E-state index contributed by atoms with van der Waals surface area (Å²) in [4.78, 5) is 33.1. The van der Waals surface area contributed by atoms with Crippen LogP contribution in [0.1, 0.15) is 23.4 Å². The Bertz CT molecular complexity index is 999. The Hall–Kier alpha value is -2.56. The molecule has 0 saturated carbocycles. The first-order valence-corrected chi connectivity index (χ1v) is 12.5. The molecule has 0 spiro atoms. The highest BCUT2D eigenvalue weighted by atomic mass is 32.2. The van der Waals surface area contributed by atoms with Crippen LogP contribution < -0.4 is 5.32 Å². The minimum absolute atomic E-state index is 0.173. The highest BCUT2D eigenvalue weighted by Gasteiger charge is 2.19. The maximum absolute atomic E-state index is 12.2. The number of aromatic nitrogens is 1. The van der Waals surface area contributed by atoms with Crippen LogP contribution in [0.25, 0.3) is 0 Å². The fraction of sp³-hybridized carbons (Fsp3) is 0.500. The maximum Gasteiger partial charge on any atom is 0.235 e. The zero-order chi connectivity index (χ0) is 23.0. The van der Waals surface area contributed by atoms with Crippen molar-refractivity contribution in [2.45, 2.75) is 25.1 Å². The van der Waals surface area contributed by atoms with Gasteiger partial charge in [0.2, 0.25) is 5.91 Å². The van der Waals surface area contributed by atoms with E-state index in [4.69, 9.17) is 4.42 Å². The first-order chi connectivity index (χ1) is 15.3. The van der Waals surface area contributed by atoms with E-state index in [0.717, 1.165) is 38.4 Å². The predicted octanol–water partition coefficient (Wildman–Crippen LogP) is 0.655. The summed E-state index contributed by atoms with van der Waals surface area (Å²) in [6.45, 7) is 4.84. The molecule has 32 heavy (non-hydrogen) atoms. The first-order valence-electron chi connectivity index (χ1n) is 10.6. The van der Waals surface area contributed by atoms with E-state index < -0.39 is 21.5 Å². The predicted molar refractivity (Wildman–Crippen MR) is 120 cm³/mol. The van der Waals surface area contributed by atoms with Gasteiger partial charge in [-0.1, -0.05) is 0 Å². The van der Waals surface area contributed by atoms with Crippen molar-refractivity contribution in [2.24, 2.45) is 0 Å². The number of carbonyl (C=O) groups excluding carboxylic acids is 2. The van der Waals surface area contributed by atoms with E-state index in [1.807, 2.05) is 12.1 Å². The quantitative estimate of drug-likeness (QED) is 0.518. The number of furan rings is 1. The Kier molecular flexibility index (Phi) is 8.54. The number of hydrogen-bond donors (Lipinski definition) is 1. The summed E-state index contributed by atoms with van der Waals surface area (Å²) in [6.07, 6.45) is 3.84. The van der Waals surface area contributed by atoms with Crippen LogP contribution in [0, 0.1) is 0 Å². The van der Waals surface area contributed by atoms with Gasteiger partial charge < -0.3 is 14.6 Å². The molecule has 1 N–H and O–H groups in total. The Labute approximate surface area is 188 Å². The second-order valence-electron chi connectivity index (χ2n) is 8.16. The largest absolute Gasteiger partial charge is 0.468 e. The topological polar surface area (TPSA) is 113 Å². The molecule has 9 nitrogen and oxygen atoms in total. The van der Waals surface area contributed by atoms with Crippen molar-refractivity contribution in [3.05, 3.63) is 53.7 Å². The van der Waals surface area contributed by atoms with Crippen molar-refractivity contribution in [1.29, 1.82) is 0 Å². The molecule has 0 aliphatic carbocycles. The third-order valence-corrected chi connectivity index (χ3v) is 6.75. The normalized spacial score (nSPS) is 15.5. The smallest absolute Gasteiger partial charge is 0.235 e. The molecule has 0 aromatic carbocycles. The average molecular weight is 463 g/mol. The average Bonchev–Trinajstić information content (AvgIpc) is 3.24. The molecule has 0 unspecified atom stereocenters. The lowest BCUT2D eigenvalue weighted by molar-refractivity contribution is -0.123. The highest BCUT2D eigenvalue weighted by molar-refractivity contribution is 7.91. The molecule has 0 atom stereocenters. The van der Waals surface area contributed by atoms with Gasteiger partial charge in [0.1, 0.15) is 17.3 Å². The SMILES string of the molecule is CN1CCN(Cc2ccnc(CCC(=O)CNC(=O)CS(=O)(=O)Cc3ccco3)c2)CC1. The van der Waals surface area contributed by atoms with Crippen LogP contribution in [0.15, 0.2) is 41.1 Å². The summed E-state index contributed by atoms with van der Waals surface area (Å²) in [5.74, 6) is -1.63. The molecule has 0 radical (unpaired) electrons. The number of piperazine rings is 1. The number of pyridine rings is 1. The van der Waals surface area contributed by atoms with E-state index in [1.165, 1.54) is 17.9 Å². The Morgan fingerprint density at radius 1 is 1.19 bits per heavy atom. The lowest BCUT2D eigenvalue weighted by Crippen LogP contribution is -2.43. The van der Waals surface area contributed by atoms with Crippen molar-refractivity contribution in [3.63, 3.8) is 0 Å². The van der Waals surface area contributed by atoms with Crippen LogP contribution in [0.3, 0.4) is 0 Å². The van der Waals surface area contributed by atoms with E-state index in [-0.39, 0.29) is 30.3 Å². The van der Waals surface area contributed by atoms with Crippen LogP contribution in [0.5, 0.6) is 0 Å². The summed E-state index contributed by atoms with van der Waals surface area (Å²) in [5, 5.41) is 2.39. The molecule has 1 fully saturated rings. The van der Waals surface area contributed by atoms with Gasteiger partial charge in [0.25, 0.3) is 0 Å². The van der Waals surface area contributed by atoms with Crippen LogP contribution in [-0.2, 0) is 38.1 Å². The lowest BCUT2D eigenvalue weighted by Gasteiger charge is -2.32. The number of Topliss-reactive ketones (excluding diaryl/α,β-unsaturated/α-hetero) is 1.